The lowest BCUT2D eigenvalue weighted by atomic mass is 10.2. The Morgan fingerprint density at radius 3 is 3.00 bits per heavy atom. The summed E-state index contributed by atoms with van der Waals surface area (Å²) in [4.78, 5) is 11.8. The predicted octanol–water partition coefficient (Wildman–Crippen LogP) is 1.32. The molecule has 4 heteroatoms. The third-order valence-corrected chi connectivity index (χ3v) is 3.12. The zero-order valence-electron chi connectivity index (χ0n) is 10.7. The highest BCUT2D eigenvalue weighted by Gasteiger charge is 2.20. The minimum absolute atomic E-state index is 0.250. The van der Waals surface area contributed by atoms with E-state index in [0.29, 0.717) is 13.0 Å². The van der Waals surface area contributed by atoms with E-state index in [1.54, 1.807) is 0 Å². The number of carbonyl (C=O) groups excluding carboxylic acids is 1. The van der Waals surface area contributed by atoms with Gasteiger partial charge in [0, 0.05) is 18.7 Å². The number of nitrogens with one attached hydrogen (secondary N) is 1. The molecule has 94 valence electrons. The van der Waals surface area contributed by atoms with Crippen LogP contribution in [0, 0.1) is 12.8 Å². The number of aromatic nitrogens is 2. The third kappa shape index (κ3) is 3.66. The van der Waals surface area contributed by atoms with Crippen molar-refractivity contribution in [3.63, 3.8) is 0 Å². The van der Waals surface area contributed by atoms with Gasteiger partial charge < -0.3 is 5.32 Å². The fourth-order valence-electron chi connectivity index (χ4n) is 2.02. The van der Waals surface area contributed by atoms with Crippen molar-refractivity contribution in [2.24, 2.45) is 5.92 Å². The molecule has 1 fully saturated rings. The molecule has 1 aliphatic rings. The van der Waals surface area contributed by atoms with Gasteiger partial charge in [-0.2, -0.15) is 5.10 Å². The number of ketones is 1. The molecule has 2 rings (SSSR count). The normalized spacial score (nSPS) is 15.2. The van der Waals surface area contributed by atoms with Gasteiger partial charge in [-0.05, 0) is 45.2 Å². The molecule has 0 bridgehead atoms. The van der Waals surface area contributed by atoms with E-state index in [1.807, 2.05) is 24.6 Å². The van der Waals surface area contributed by atoms with Crippen LogP contribution in [-0.4, -0.2) is 28.7 Å². The first kappa shape index (κ1) is 12.3. The number of Topliss-reactive ketones (excluding diaryl/α,β-unsaturated/α-hetero) is 1. The van der Waals surface area contributed by atoms with E-state index in [-0.39, 0.29) is 5.78 Å². The van der Waals surface area contributed by atoms with Gasteiger partial charge in [0.1, 0.15) is 0 Å². The van der Waals surface area contributed by atoms with Crippen molar-refractivity contribution in [3.8, 4) is 0 Å². The molecule has 0 spiro atoms. The molecule has 0 aliphatic heterocycles. The molecular formula is C13H21N3O. The minimum Gasteiger partial charge on any atom is -0.310 e. The van der Waals surface area contributed by atoms with E-state index in [4.69, 9.17) is 0 Å². The average molecular weight is 235 g/mol. The molecule has 0 amide bonds. The SMILES string of the molecule is CCn1nc(C)cc1CC(=O)CNCC1CC1. The maximum Gasteiger partial charge on any atom is 0.152 e. The van der Waals surface area contributed by atoms with Crippen molar-refractivity contribution in [1.29, 1.82) is 0 Å². The Labute approximate surface area is 102 Å². The van der Waals surface area contributed by atoms with E-state index in [0.717, 1.165) is 30.4 Å². The average Bonchev–Trinajstić information content (AvgIpc) is 3.03. The topological polar surface area (TPSA) is 46.9 Å². The predicted molar refractivity (Wildman–Crippen MR) is 66.9 cm³/mol. The van der Waals surface area contributed by atoms with Crippen molar-refractivity contribution in [1.82, 2.24) is 15.1 Å². The van der Waals surface area contributed by atoms with Gasteiger partial charge in [0.2, 0.25) is 0 Å². The maximum atomic E-state index is 11.8. The van der Waals surface area contributed by atoms with Gasteiger partial charge >= 0.3 is 0 Å². The van der Waals surface area contributed by atoms with E-state index in [2.05, 4.69) is 10.4 Å². The van der Waals surface area contributed by atoms with Crippen LogP contribution in [0.5, 0.6) is 0 Å². The first-order valence-electron chi connectivity index (χ1n) is 6.44. The molecule has 17 heavy (non-hydrogen) atoms. The van der Waals surface area contributed by atoms with Crippen LogP contribution in [0.25, 0.3) is 0 Å². The van der Waals surface area contributed by atoms with Crippen LogP contribution in [0.4, 0.5) is 0 Å². The second-order valence-corrected chi connectivity index (χ2v) is 4.88. The summed E-state index contributed by atoms with van der Waals surface area (Å²) in [5, 5.41) is 7.58. The number of nitrogens with zero attached hydrogens (tertiary/aromatic N) is 2. The van der Waals surface area contributed by atoms with Gasteiger partial charge in [-0.25, -0.2) is 0 Å². The Morgan fingerprint density at radius 1 is 1.59 bits per heavy atom. The first-order chi connectivity index (χ1) is 8.19. The quantitative estimate of drug-likeness (QED) is 0.775. The van der Waals surface area contributed by atoms with Crippen LogP contribution in [0.2, 0.25) is 0 Å². The Bertz CT molecular complexity index is 393. The van der Waals surface area contributed by atoms with E-state index in [1.165, 1.54) is 12.8 Å². The van der Waals surface area contributed by atoms with Crippen LogP contribution in [-0.2, 0) is 17.8 Å². The van der Waals surface area contributed by atoms with Crippen molar-refractivity contribution in [3.05, 3.63) is 17.5 Å². The zero-order chi connectivity index (χ0) is 12.3. The van der Waals surface area contributed by atoms with Gasteiger partial charge in [0.25, 0.3) is 0 Å². The van der Waals surface area contributed by atoms with Crippen molar-refractivity contribution < 1.29 is 4.79 Å². The van der Waals surface area contributed by atoms with Crippen LogP contribution in [0.1, 0.15) is 31.2 Å². The molecule has 0 unspecified atom stereocenters. The monoisotopic (exact) mass is 235 g/mol. The molecule has 0 aromatic carbocycles. The summed E-state index contributed by atoms with van der Waals surface area (Å²) in [6.45, 7) is 6.32. The standard InChI is InChI=1S/C13H21N3O/c1-3-16-12(6-10(2)15-16)7-13(17)9-14-8-11-4-5-11/h6,11,14H,3-5,7-9H2,1-2H3. The zero-order valence-corrected chi connectivity index (χ0v) is 10.7. The third-order valence-electron chi connectivity index (χ3n) is 3.12. The van der Waals surface area contributed by atoms with Crippen LogP contribution in [0.15, 0.2) is 6.07 Å². The van der Waals surface area contributed by atoms with E-state index < -0.39 is 0 Å². The number of rotatable bonds is 7. The second kappa shape index (κ2) is 5.45. The van der Waals surface area contributed by atoms with Crippen LogP contribution < -0.4 is 5.32 Å². The van der Waals surface area contributed by atoms with Gasteiger partial charge in [-0.15, -0.1) is 0 Å². The lowest BCUT2D eigenvalue weighted by Crippen LogP contribution is -2.26. The maximum absolute atomic E-state index is 11.8. The summed E-state index contributed by atoms with van der Waals surface area (Å²) in [7, 11) is 0. The fourth-order valence-corrected chi connectivity index (χ4v) is 2.02. The Morgan fingerprint density at radius 2 is 2.35 bits per heavy atom. The summed E-state index contributed by atoms with van der Waals surface area (Å²) < 4.78 is 1.91. The molecule has 1 aromatic rings. The number of hydrogen-bond donors (Lipinski definition) is 1. The highest BCUT2D eigenvalue weighted by atomic mass is 16.1. The first-order valence-corrected chi connectivity index (χ1v) is 6.44. The van der Waals surface area contributed by atoms with Crippen molar-refractivity contribution in [2.75, 3.05) is 13.1 Å². The fraction of sp³-hybridized carbons (Fsp3) is 0.692. The second-order valence-electron chi connectivity index (χ2n) is 4.88. The van der Waals surface area contributed by atoms with Gasteiger partial charge in [0.15, 0.2) is 5.78 Å². The molecule has 1 aliphatic carbocycles. The smallest absolute Gasteiger partial charge is 0.152 e. The van der Waals surface area contributed by atoms with Crippen molar-refractivity contribution in [2.45, 2.75) is 39.7 Å². The molecule has 1 heterocycles. The molecule has 1 N–H and O–H groups in total. The number of aryl methyl sites for hydroxylation is 2. The van der Waals surface area contributed by atoms with E-state index >= 15 is 0 Å². The Kier molecular flexibility index (Phi) is 3.94. The Balaban J connectivity index is 1.79. The summed E-state index contributed by atoms with van der Waals surface area (Å²) in [5.41, 5.74) is 2.02. The summed E-state index contributed by atoms with van der Waals surface area (Å²) >= 11 is 0. The lowest BCUT2D eigenvalue weighted by Gasteiger charge is -2.05. The van der Waals surface area contributed by atoms with Crippen LogP contribution >= 0.6 is 0 Å². The molecule has 1 aromatic heterocycles. The number of hydrogen-bond acceptors (Lipinski definition) is 3. The Hall–Kier alpha value is -1.16. The number of carbonyl (C=O) groups is 1. The minimum atomic E-state index is 0.250. The molecule has 0 radical (unpaired) electrons. The molecule has 0 saturated heterocycles. The van der Waals surface area contributed by atoms with E-state index in [9.17, 15) is 4.79 Å². The summed E-state index contributed by atoms with van der Waals surface area (Å²) in [6, 6.07) is 2.00. The summed E-state index contributed by atoms with van der Waals surface area (Å²) in [5.74, 6) is 1.08. The largest absolute Gasteiger partial charge is 0.310 e. The highest BCUT2D eigenvalue weighted by Crippen LogP contribution is 2.27. The van der Waals surface area contributed by atoms with Gasteiger partial charge in [-0.3, -0.25) is 9.48 Å². The molecular weight excluding hydrogens is 214 g/mol. The van der Waals surface area contributed by atoms with Crippen molar-refractivity contribution >= 4 is 5.78 Å². The molecule has 1 saturated carbocycles. The molecule has 4 nitrogen and oxygen atoms in total. The summed E-state index contributed by atoms with van der Waals surface area (Å²) in [6.07, 6.45) is 3.14. The van der Waals surface area contributed by atoms with Gasteiger partial charge in [-0.1, -0.05) is 0 Å². The highest BCUT2D eigenvalue weighted by molar-refractivity contribution is 5.82. The van der Waals surface area contributed by atoms with Gasteiger partial charge in [0.05, 0.1) is 12.2 Å². The lowest BCUT2D eigenvalue weighted by molar-refractivity contribution is -0.117. The van der Waals surface area contributed by atoms with Crippen LogP contribution in [0.3, 0.4) is 0 Å². The molecule has 0 atom stereocenters.